The molecule has 9 nitrogen and oxygen atoms in total. The van der Waals surface area contributed by atoms with Gasteiger partial charge in [-0.3, -0.25) is 19.7 Å². The first-order valence-electron chi connectivity index (χ1n) is 9.14. The van der Waals surface area contributed by atoms with E-state index in [2.05, 4.69) is 5.32 Å². The van der Waals surface area contributed by atoms with Gasteiger partial charge in [-0.25, -0.2) is 0 Å². The van der Waals surface area contributed by atoms with E-state index in [1.807, 2.05) is 0 Å². The molecule has 9 heteroatoms. The molecule has 29 heavy (non-hydrogen) atoms. The summed E-state index contributed by atoms with van der Waals surface area (Å²) in [7, 11) is 0. The second-order valence-corrected chi connectivity index (χ2v) is 6.42. The number of nitrogens with zero attached hydrogens (tertiary/aromatic N) is 2. The van der Waals surface area contributed by atoms with Crippen molar-refractivity contribution in [3.63, 3.8) is 0 Å². The molecule has 1 aliphatic heterocycles. The van der Waals surface area contributed by atoms with Gasteiger partial charge < -0.3 is 19.7 Å². The van der Waals surface area contributed by atoms with Crippen LogP contribution < -0.4 is 10.1 Å². The number of hydrogen-bond donors (Lipinski definition) is 1. The summed E-state index contributed by atoms with van der Waals surface area (Å²) >= 11 is 0. The zero-order chi connectivity index (χ0) is 20.8. The molecular formula is C20H21N3O6. The SMILES string of the molecule is CC(Oc1ccccc1[N+](=O)[O-])C(=O)Nc1ccccc1C(=O)N1CCOCC1. The summed E-state index contributed by atoms with van der Waals surface area (Å²) < 4.78 is 10.8. The Bertz CT molecular complexity index is 911. The van der Waals surface area contributed by atoms with Crippen LogP contribution in [0.5, 0.6) is 5.75 Å². The van der Waals surface area contributed by atoms with Crippen LogP contribution in [0.25, 0.3) is 0 Å². The predicted octanol–water partition coefficient (Wildman–Crippen LogP) is 2.47. The minimum Gasteiger partial charge on any atom is -0.474 e. The number of amides is 2. The summed E-state index contributed by atoms with van der Waals surface area (Å²) in [5.41, 5.74) is 0.489. The highest BCUT2D eigenvalue weighted by Crippen LogP contribution is 2.27. The van der Waals surface area contributed by atoms with Gasteiger partial charge in [0.05, 0.1) is 29.4 Å². The quantitative estimate of drug-likeness (QED) is 0.590. The van der Waals surface area contributed by atoms with Gasteiger partial charge in [-0.15, -0.1) is 0 Å². The largest absolute Gasteiger partial charge is 0.474 e. The van der Waals surface area contributed by atoms with Gasteiger partial charge >= 0.3 is 5.69 Å². The second kappa shape index (κ2) is 9.16. The van der Waals surface area contributed by atoms with Gasteiger partial charge in [-0.2, -0.15) is 0 Å². The zero-order valence-corrected chi connectivity index (χ0v) is 15.9. The number of carbonyl (C=O) groups is 2. The fraction of sp³-hybridized carbons (Fsp3) is 0.300. The highest BCUT2D eigenvalue weighted by atomic mass is 16.6. The molecule has 152 valence electrons. The van der Waals surface area contributed by atoms with E-state index in [-0.39, 0.29) is 17.3 Å². The van der Waals surface area contributed by atoms with Crippen LogP contribution in [-0.2, 0) is 9.53 Å². The van der Waals surface area contributed by atoms with E-state index < -0.39 is 16.9 Å². The third-order valence-electron chi connectivity index (χ3n) is 4.45. The molecule has 1 N–H and O–H groups in total. The monoisotopic (exact) mass is 399 g/mol. The molecular weight excluding hydrogens is 378 g/mol. The van der Waals surface area contributed by atoms with Gasteiger partial charge in [0.15, 0.2) is 11.9 Å². The van der Waals surface area contributed by atoms with Crippen molar-refractivity contribution in [3.05, 3.63) is 64.2 Å². The first kappa shape index (κ1) is 20.3. The minimum atomic E-state index is -1.01. The maximum absolute atomic E-state index is 12.8. The molecule has 2 aromatic carbocycles. The molecule has 2 amide bonds. The maximum Gasteiger partial charge on any atom is 0.310 e. The van der Waals surface area contributed by atoms with Crippen LogP contribution in [0, 0.1) is 10.1 Å². The van der Waals surface area contributed by atoms with Crippen LogP contribution in [0.4, 0.5) is 11.4 Å². The molecule has 0 spiro atoms. The first-order chi connectivity index (χ1) is 14.0. The van der Waals surface area contributed by atoms with Crippen LogP contribution >= 0.6 is 0 Å². The van der Waals surface area contributed by atoms with Crippen molar-refractivity contribution in [3.8, 4) is 5.75 Å². The Morgan fingerprint density at radius 3 is 2.52 bits per heavy atom. The lowest BCUT2D eigenvalue weighted by atomic mass is 10.1. The molecule has 1 atom stereocenters. The van der Waals surface area contributed by atoms with Crippen molar-refractivity contribution in [2.75, 3.05) is 31.6 Å². The Morgan fingerprint density at radius 2 is 1.79 bits per heavy atom. The van der Waals surface area contributed by atoms with Crippen molar-refractivity contribution < 1.29 is 24.0 Å². The Balaban J connectivity index is 1.72. The third-order valence-corrected chi connectivity index (χ3v) is 4.45. The van der Waals surface area contributed by atoms with E-state index in [9.17, 15) is 19.7 Å². The van der Waals surface area contributed by atoms with E-state index in [0.29, 0.717) is 37.6 Å². The number of carbonyl (C=O) groups excluding carboxylic acids is 2. The summed E-state index contributed by atoms with van der Waals surface area (Å²) in [6.07, 6.45) is -1.01. The van der Waals surface area contributed by atoms with Crippen LogP contribution in [0.2, 0.25) is 0 Å². The molecule has 0 aromatic heterocycles. The lowest BCUT2D eigenvalue weighted by Crippen LogP contribution is -2.41. The van der Waals surface area contributed by atoms with Crippen molar-refractivity contribution in [1.29, 1.82) is 0 Å². The van der Waals surface area contributed by atoms with Gasteiger partial charge in [0.2, 0.25) is 0 Å². The summed E-state index contributed by atoms with van der Waals surface area (Å²) in [5, 5.41) is 13.8. The summed E-state index contributed by atoms with van der Waals surface area (Å²) in [6.45, 7) is 3.40. The molecule has 1 fully saturated rings. The van der Waals surface area contributed by atoms with Crippen LogP contribution in [-0.4, -0.2) is 54.0 Å². The van der Waals surface area contributed by atoms with Crippen LogP contribution in [0.1, 0.15) is 17.3 Å². The van der Waals surface area contributed by atoms with Crippen molar-refractivity contribution in [2.45, 2.75) is 13.0 Å². The van der Waals surface area contributed by atoms with Crippen molar-refractivity contribution >= 4 is 23.2 Å². The number of nitrogens with one attached hydrogen (secondary N) is 1. The first-order valence-corrected chi connectivity index (χ1v) is 9.14. The Kier molecular flexibility index (Phi) is 6.40. The summed E-state index contributed by atoms with van der Waals surface area (Å²) in [5.74, 6) is -0.723. The lowest BCUT2D eigenvalue weighted by Gasteiger charge is -2.27. The standard InChI is InChI=1S/C20H21N3O6/c1-14(29-18-9-5-4-8-17(18)23(26)27)19(24)21-16-7-3-2-6-15(16)20(25)22-10-12-28-13-11-22/h2-9,14H,10-13H2,1H3,(H,21,24). The zero-order valence-electron chi connectivity index (χ0n) is 15.9. The maximum atomic E-state index is 12.8. The predicted molar refractivity (Wildman–Crippen MR) is 105 cm³/mol. The molecule has 2 aromatic rings. The van der Waals surface area contributed by atoms with E-state index in [4.69, 9.17) is 9.47 Å². The molecule has 0 bridgehead atoms. The van der Waals surface area contributed by atoms with Gasteiger partial charge in [-0.05, 0) is 25.1 Å². The Labute approximate surface area is 167 Å². The number of ether oxygens (including phenoxy) is 2. The average molecular weight is 399 g/mol. The normalized spacial score (nSPS) is 14.7. The minimum absolute atomic E-state index is 0.00201. The number of nitro groups is 1. The molecule has 3 rings (SSSR count). The van der Waals surface area contributed by atoms with Gasteiger partial charge in [0.1, 0.15) is 0 Å². The number of rotatable bonds is 6. The highest BCUT2D eigenvalue weighted by molar-refractivity contribution is 6.04. The number of hydrogen-bond acceptors (Lipinski definition) is 6. The Morgan fingerprint density at radius 1 is 1.14 bits per heavy atom. The fourth-order valence-corrected chi connectivity index (χ4v) is 2.90. The number of benzene rings is 2. The van der Waals surface area contributed by atoms with Gasteiger partial charge in [-0.1, -0.05) is 24.3 Å². The summed E-state index contributed by atoms with van der Waals surface area (Å²) in [6, 6.07) is 12.5. The number of para-hydroxylation sites is 3. The molecule has 1 unspecified atom stereocenters. The van der Waals surface area contributed by atoms with Crippen molar-refractivity contribution in [2.24, 2.45) is 0 Å². The van der Waals surface area contributed by atoms with E-state index in [1.165, 1.54) is 25.1 Å². The van der Waals surface area contributed by atoms with Crippen molar-refractivity contribution in [1.82, 2.24) is 4.90 Å². The third kappa shape index (κ3) is 4.88. The molecule has 0 saturated carbocycles. The number of morpholine rings is 1. The van der Waals surface area contributed by atoms with Crippen LogP contribution in [0.15, 0.2) is 48.5 Å². The summed E-state index contributed by atoms with van der Waals surface area (Å²) in [4.78, 5) is 37.6. The molecule has 1 aliphatic rings. The molecule has 0 aliphatic carbocycles. The topological polar surface area (TPSA) is 111 Å². The van der Waals surface area contributed by atoms with Gasteiger partial charge in [0.25, 0.3) is 11.8 Å². The van der Waals surface area contributed by atoms with E-state index in [0.717, 1.165) is 0 Å². The Hall–Kier alpha value is -3.46. The second-order valence-electron chi connectivity index (χ2n) is 6.42. The molecule has 1 heterocycles. The van der Waals surface area contributed by atoms with E-state index >= 15 is 0 Å². The van der Waals surface area contributed by atoms with E-state index in [1.54, 1.807) is 35.2 Å². The van der Waals surface area contributed by atoms with Crippen LogP contribution in [0.3, 0.4) is 0 Å². The number of nitro benzene ring substituents is 1. The molecule has 0 radical (unpaired) electrons. The fourth-order valence-electron chi connectivity index (χ4n) is 2.90. The average Bonchev–Trinajstić information content (AvgIpc) is 2.74. The smallest absolute Gasteiger partial charge is 0.310 e. The number of anilines is 1. The lowest BCUT2D eigenvalue weighted by molar-refractivity contribution is -0.386. The molecule has 1 saturated heterocycles. The highest BCUT2D eigenvalue weighted by Gasteiger charge is 2.24. The van der Waals surface area contributed by atoms with Gasteiger partial charge in [0, 0.05) is 19.2 Å².